The van der Waals surface area contributed by atoms with E-state index < -0.39 is 28.5 Å². The molecule has 0 bridgehead atoms. The molecular weight excluding hydrogens is 742 g/mol. The van der Waals surface area contributed by atoms with E-state index in [1.165, 1.54) is 37.3 Å². The van der Waals surface area contributed by atoms with Gasteiger partial charge in [-0.2, -0.15) is 0 Å². The number of carbonyl (C=O) groups is 2. The summed E-state index contributed by atoms with van der Waals surface area (Å²) in [4.78, 5) is 30.4. The lowest BCUT2D eigenvalue weighted by Crippen LogP contribution is -2.55. The molecule has 1 N–H and O–H groups in total. The number of methoxy groups -OCH3 is 2. The summed E-state index contributed by atoms with van der Waals surface area (Å²) >= 11 is 9.67. The SMILES string of the molecule is COc1ccc(S(=O)(=O)N(CC(=O)N(Cc2ccc(Br)cc2)[C@@H](Cc2ccccc2)C(=O)NC2CCCCC2)c2ccc(Cl)cc2)cc1OC. The maximum atomic E-state index is 14.8. The molecule has 4 aromatic rings. The second kappa shape index (κ2) is 17.2. The van der Waals surface area contributed by atoms with Crippen LogP contribution in [0.2, 0.25) is 5.02 Å². The number of sulfonamides is 1. The molecule has 0 radical (unpaired) electrons. The molecule has 1 aliphatic rings. The van der Waals surface area contributed by atoms with E-state index in [1.54, 1.807) is 24.3 Å². The van der Waals surface area contributed by atoms with Gasteiger partial charge in [0.1, 0.15) is 12.6 Å². The zero-order valence-corrected chi connectivity index (χ0v) is 31.2. The van der Waals surface area contributed by atoms with Crippen molar-refractivity contribution in [2.75, 3.05) is 25.1 Å². The summed E-state index contributed by atoms with van der Waals surface area (Å²) < 4.78 is 41.5. The van der Waals surface area contributed by atoms with E-state index in [0.717, 1.165) is 52.0 Å². The number of hydrogen-bond acceptors (Lipinski definition) is 6. The summed E-state index contributed by atoms with van der Waals surface area (Å²) in [5, 5.41) is 3.63. The third kappa shape index (κ3) is 9.38. The molecule has 0 unspecified atom stereocenters. The van der Waals surface area contributed by atoms with Crippen molar-refractivity contribution in [2.24, 2.45) is 0 Å². The lowest BCUT2D eigenvalue weighted by molar-refractivity contribution is -0.140. The summed E-state index contributed by atoms with van der Waals surface area (Å²) in [5.41, 5.74) is 1.88. The van der Waals surface area contributed by atoms with Crippen LogP contribution in [0.15, 0.2) is 106 Å². The number of halogens is 2. The average molecular weight is 783 g/mol. The maximum absolute atomic E-state index is 14.8. The quantitative estimate of drug-likeness (QED) is 0.143. The number of hydrogen-bond donors (Lipinski definition) is 1. The summed E-state index contributed by atoms with van der Waals surface area (Å²) in [5.74, 6) is -0.247. The van der Waals surface area contributed by atoms with Crippen LogP contribution in [-0.4, -0.2) is 58.0 Å². The predicted octanol–water partition coefficient (Wildman–Crippen LogP) is 7.40. The van der Waals surface area contributed by atoms with Crippen LogP contribution >= 0.6 is 27.5 Å². The molecule has 1 fully saturated rings. The van der Waals surface area contributed by atoms with Gasteiger partial charge in [0.2, 0.25) is 11.8 Å². The zero-order valence-electron chi connectivity index (χ0n) is 28.1. The van der Waals surface area contributed by atoms with E-state index in [-0.39, 0.29) is 41.2 Å². The number of carbonyl (C=O) groups excluding carboxylic acids is 2. The van der Waals surface area contributed by atoms with Crippen LogP contribution < -0.4 is 19.1 Å². The van der Waals surface area contributed by atoms with Gasteiger partial charge in [0, 0.05) is 34.6 Å². The molecule has 0 heterocycles. The fraction of sp³-hybridized carbons (Fsp3) is 0.316. The summed E-state index contributed by atoms with van der Waals surface area (Å²) in [7, 11) is -1.48. The van der Waals surface area contributed by atoms with E-state index in [2.05, 4.69) is 21.2 Å². The van der Waals surface area contributed by atoms with Gasteiger partial charge in [0.15, 0.2) is 11.5 Å². The van der Waals surface area contributed by atoms with Gasteiger partial charge in [0.25, 0.3) is 10.0 Å². The van der Waals surface area contributed by atoms with Crippen LogP contribution in [-0.2, 0) is 32.6 Å². The van der Waals surface area contributed by atoms with E-state index in [9.17, 15) is 18.0 Å². The topological polar surface area (TPSA) is 105 Å². The molecule has 0 aliphatic heterocycles. The summed E-state index contributed by atoms with van der Waals surface area (Å²) in [6.07, 6.45) is 5.17. The number of anilines is 1. The predicted molar refractivity (Wildman–Crippen MR) is 199 cm³/mol. The Morgan fingerprint density at radius 1 is 0.860 bits per heavy atom. The van der Waals surface area contributed by atoms with Crippen LogP contribution in [0.25, 0.3) is 0 Å². The highest BCUT2D eigenvalue weighted by molar-refractivity contribution is 9.10. The molecule has 1 saturated carbocycles. The minimum absolute atomic E-state index is 0.00940. The number of amides is 2. The van der Waals surface area contributed by atoms with Crippen molar-refractivity contribution in [1.29, 1.82) is 0 Å². The van der Waals surface area contributed by atoms with Crippen molar-refractivity contribution < 1.29 is 27.5 Å². The molecular formula is C38H41BrClN3O6S. The van der Waals surface area contributed by atoms with Crippen LogP contribution in [0.4, 0.5) is 5.69 Å². The van der Waals surface area contributed by atoms with Crippen molar-refractivity contribution in [3.8, 4) is 11.5 Å². The monoisotopic (exact) mass is 781 g/mol. The smallest absolute Gasteiger partial charge is 0.264 e. The molecule has 50 heavy (non-hydrogen) atoms. The number of benzene rings is 4. The van der Waals surface area contributed by atoms with E-state index in [0.29, 0.717) is 10.8 Å². The summed E-state index contributed by atoms with van der Waals surface area (Å²) in [6.45, 7) is -0.511. The van der Waals surface area contributed by atoms with Crippen molar-refractivity contribution in [3.05, 3.63) is 118 Å². The highest BCUT2D eigenvalue weighted by Gasteiger charge is 2.35. The summed E-state index contributed by atoms with van der Waals surface area (Å²) in [6, 6.07) is 26.6. The highest BCUT2D eigenvalue weighted by atomic mass is 79.9. The van der Waals surface area contributed by atoms with Crippen LogP contribution in [0.1, 0.15) is 43.2 Å². The highest BCUT2D eigenvalue weighted by Crippen LogP contribution is 2.33. The first kappa shape index (κ1) is 37.2. The van der Waals surface area contributed by atoms with Crippen LogP contribution in [0.5, 0.6) is 11.5 Å². The first-order valence-electron chi connectivity index (χ1n) is 16.5. The second-order valence-corrected chi connectivity index (χ2v) is 15.4. The number of ether oxygens (including phenoxy) is 2. The van der Waals surface area contributed by atoms with E-state index in [4.69, 9.17) is 21.1 Å². The number of nitrogens with zero attached hydrogens (tertiary/aromatic N) is 2. The van der Waals surface area contributed by atoms with E-state index >= 15 is 0 Å². The van der Waals surface area contributed by atoms with Gasteiger partial charge < -0.3 is 19.7 Å². The molecule has 5 rings (SSSR count). The Hall–Kier alpha value is -4.06. The van der Waals surface area contributed by atoms with Gasteiger partial charge in [-0.3, -0.25) is 13.9 Å². The fourth-order valence-corrected chi connectivity index (χ4v) is 7.95. The molecule has 4 aromatic carbocycles. The van der Waals surface area contributed by atoms with Crippen molar-refractivity contribution >= 4 is 55.1 Å². The Morgan fingerprint density at radius 2 is 1.52 bits per heavy atom. The normalized spacial score (nSPS) is 14.0. The Balaban J connectivity index is 1.57. The third-order valence-electron chi connectivity index (χ3n) is 8.83. The first-order chi connectivity index (χ1) is 24.1. The Morgan fingerprint density at radius 3 is 2.16 bits per heavy atom. The lowest BCUT2D eigenvalue weighted by atomic mass is 9.94. The molecule has 1 atom stereocenters. The fourth-order valence-electron chi connectivity index (χ4n) is 6.13. The van der Waals surface area contributed by atoms with E-state index in [1.807, 2.05) is 54.6 Å². The van der Waals surface area contributed by atoms with Gasteiger partial charge in [-0.15, -0.1) is 0 Å². The van der Waals surface area contributed by atoms with Gasteiger partial charge in [-0.1, -0.05) is 89.3 Å². The van der Waals surface area contributed by atoms with Crippen LogP contribution in [0.3, 0.4) is 0 Å². The number of rotatable bonds is 14. The molecule has 12 heteroatoms. The van der Waals surface area contributed by atoms with Crippen molar-refractivity contribution in [2.45, 2.75) is 62.0 Å². The maximum Gasteiger partial charge on any atom is 0.264 e. The Labute approximate surface area is 307 Å². The first-order valence-corrected chi connectivity index (χ1v) is 19.1. The Kier molecular flexibility index (Phi) is 12.8. The third-order valence-corrected chi connectivity index (χ3v) is 11.4. The van der Waals surface area contributed by atoms with Gasteiger partial charge in [0.05, 0.1) is 24.8 Å². The molecule has 264 valence electrons. The molecule has 9 nitrogen and oxygen atoms in total. The standard InChI is InChI=1S/C38H41BrClN3O6S/c1-48-35-22-21-33(24-36(35)49-2)50(46,47)43(32-19-17-30(40)18-20-32)26-37(44)42(25-28-13-15-29(39)16-14-28)34(23-27-9-5-3-6-10-27)38(45)41-31-11-7-4-8-12-31/h3,5-6,9-10,13-22,24,31,34H,4,7-8,11-12,23,25-26H2,1-2H3,(H,41,45)/t34-/m0/s1. The molecule has 0 saturated heterocycles. The second-order valence-electron chi connectivity index (χ2n) is 12.2. The zero-order chi connectivity index (χ0) is 35.7. The van der Waals surface area contributed by atoms with Gasteiger partial charge >= 0.3 is 0 Å². The lowest BCUT2D eigenvalue weighted by Gasteiger charge is -2.35. The largest absolute Gasteiger partial charge is 0.493 e. The van der Waals surface area contributed by atoms with Crippen molar-refractivity contribution in [3.63, 3.8) is 0 Å². The molecule has 0 aromatic heterocycles. The minimum Gasteiger partial charge on any atom is -0.493 e. The number of nitrogens with one attached hydrogen (secondary N) is 1. The van der Waals surface area contributed by atoms with Gasteiger partial charge in [-0.05, 0) is 72.5 Å². The average Bonchev–Trinajstić information content (AvgIpc) is 3.13. The van der Waals surface area contributed by atoms with Gasteiger partial charge in [-0.25, -0.2) is 8.42 Å². The minimum atomic E-state index is -4.36. The van der Waals surface area contributed by atoms with Crippen molar-refractivity contribution in [1.82, 2.24) is 10.2 Å². The Bertz CT molecular complexity index is 1850. The molecule has 0 spiro atoms. The van der Waals surface area contributed by atoms with Crippen LogP contribution in [0, 0.1) is 0 Å². The molecule has 1 aliphatic carbocycles. The molecule has 2 amide bonds.